The quantitative estimate of drug-likeness (QED) is 0.755. The molecule has 1 aliphatic heterocycles. The molecule has 8 nitrogen and oxygen atoms in total. The number of pyridine rings is 1. The number of carbonyl (C=O) groups excluding carboxylic acids is 2. The molecule has 3 heterocycles. The zero-order valence-corrected chi connectivity index (χ0v) is 14.5. The Morgan fingerprint density at radius 1 is 1.11 bits per heavy atom. The first-order chi connectivity index (χ1) is 13.2. The molecule has 1 fully saturated rings. The molecule has 0 radical (unpaired) electrons. The van der Waals surface area contributed by atoms with E-state index in [1.807, 2.05) is 6.07 Å². The van der Waals surface area contributed by atoms with Crippen LogP contribution in [0.2, 0.25) is 0 Å². The molecule has 1 N–H and O–H groups in total. The minimum atomic E-state index is -0.172. The highest BCUT2D eigenvalue weighted by molar-refractivity contribution is 5.95. The maximum Gasteiger partial charge on any atom is 0.272 e. The molecule has 0 aliphatic carbocycles. The Bertz CT molecular complexity index is 942. The number of rotatable bonds is 4. The number of hydrogen-bond acceptors (Lipinski definition) is 5. The molecular formula is C19H18N6O2. The molecule has 0 bridgehead atoms. The van der Waals surface area contributed by atoms with Crippen molar-refractivity contribution in [2.75, 3.05) is 13.1 Å². The van der Waals surface area contributed by atoms with E-state index in [0.717, 1.165) is 5.69 Å². The third-order valence-corrected chi connectivity index (χ3v) is 4.49. The maximum atomic E-state index is 12.6. The number of aromatic nitrogens is 4. The van der Waals surface area contributed by atoms with Gasteiger partial charge in [-0.2, -0.15) is 0 Å². The van der Waals surface area contributed by atoms with Crippen LogP contribution in [0.15, 0.2) is 61.1 Å². The zero-order valence-electron chi connectivity index (χ0n) is 14.5. The van der Waals surface area contributed by atoms with E-state index in [2.05, 4.69) is 20.6 Å². The fourth-order valence-corrected chi connectivity index (χ4v) is 3.12. The smallest absolute Gasteiger partial charge is 0.272 e. The van der Waals surface area contributed by atoms with Crippen LogP contribution in [0.4, 0.5) is 0 Å². The van der Waals surface area contributed by atoms with Gasteiger partial charge in [-0.1, -0.05) is 17.3 Å². The summed E-state index contributed by atoms with van der Waals surface area (Å²) in [5.41, 5.74) is 1.72. The maximum absolute atomic E-state index is 12.6. The number of nitrogens with one attached hydrogen (secondary N) is 1. The lowest BCUT2D eigenvalue weighted by atomic mass is 10.1. The molecule has 8 heteroatoms. The van der Waals surface area contributed by atoms with Crippen LogP contribution in [-0.2, 0) is 0 Å². The molecule has 3 aromatic rings. The molecule has 2 amide bonds. The summed E-state index contributed by atoms with van der Waals surface area (Å²) in [4.78, 5) is 30.9. The Morgan fingerprint density at radius 3 is 2.81 bits per heavy atom. The average Bonchev–Trinajstić information content (AvgIpc) is 3.40. The molecular weight excluding hydrogens is 344 g/mol. The summed E-state index contributed by atoms with van der Waals surface area (Å²) in [5, 5.41) is 10.7. The third-order valence-electron chi connectivity index (χ3n) is 4.49. The van der Waals surface area contributed by atoms with Crippen molar-refractivity contribution in [3.63, 3.8) is 0 Å². The summed E-state index contributed by atoms with van der Waals surface area (Å²) in [6, 6.07) is 12.3. The lowest BCUT2D eigenvalue weighted by Gasteiger charge is -2.17. The monoisotopic (exact) mass is 362 g/mol. The van der Waals surface area contributed by atoms with Gasteiger partial charge in [0.25, 0.3) is 11.8 Å². The number of carbonyl (C=O) groups is 2. The van der Waals surface area contributed by atoms with Crippen LogP contribution in [0.5, 0.6) is 0 Å². The second-order valence-corrected chi connectivity index (χ2v) is 6.32. The molecule has 4 rings (SSSR count). The van der Waals surface area contributed by atoms with Crippen molar-refractivity contribution in [2.45, 2.75) is 12.5 Å². The Balaban J connectivity index is 1.39. The van der Waals surface area contributed by atoms with Crippen LogP contribution in [0.25, 0.3) is 5.69 Å². The van der Waals surface area contributed by atoms with E-state index in [1.165, 1.54) is 0 Å². The summed E-state index contributed by atoms with van der Waals surface area (Å²) < 4.78 is 1.60. The van der Waals surface area contributed by atoms with Gasteiger partial charge >= 0.3 is 0 Å². The van der Waals surface area contributed by atoms with E-state index in [4.69, 9.17) is 0 Å². The molecule has 27 heavy (non-hydrogen) atoms. The largest absolute Gasteiger partial charge is 0.347 e. The second kappa shape index (κ2) is 7.36. The van der Waals surface area contributed by atoms with Gasteiger partial charge < -0.3 is 10.2 Å². The first-order valence-corrected chi connectivity index (χ1v) is 8.68. The minimum Gasteiger partial charge on any atom is -0.347 e. The summed E-state index contributed by atoms with van der Waals surface area (Å²) in [7, 11) is 0. The number of benzene rings is 1. The van der Waals surface area contributed by atoms with Gasteiger partial charge in [0.05, 0.1) is 18.1 Å². The van der Waals surface area contributed by atoms with Crippen LogP contribution in [0.1, 0.15) is 27.3 Å². The normalized spacial score (nSPS) is 16.3. The van der Waals surface area contributed by atoms with Crippen molar-refractivity contribution in [1.82, 2.24) is 30.2 Å². The van der Waals surface area contributed by atoms with Crippen molar-refractivity contribution < 1.29 is 9.59 Å². The highest BCUT2D eigenvalue weighted by Crippen LogP contribution is 2.14. The molecule has 1 aromatic carbocycles. The van der Waals surface area contributed by atoms with E-state index in [0.29, 0.717) is 30.8 Å². The van der Waals surface area contributed by atoms with E-state index in [-0.39, 0.29) is 17.9 Å². The molecule has 0 spiro atoms. The molecule has 136 valence electrons. The van der Waals surface area contributed by atoms with Crippen LogP contribution in [0, 0.1) is 0 Å². The van der Waals surface area contributed by atoms with Gasteiger partial charge in [0, 0.05) is 30.9 Å². The SMILES string of the molecule is O=C(NC1CCN(C(=O)c2ccccn2)C1)c1cccc(-n2ccnn2)c1. The summed E-state index contributed by atoms with van der Waals surface area (Å²) in [6.45, 7) is 1.07. The summed E-state index contributed by atoms with van der Waals surface area (Å²) >= 11 is 0. The number of amides is 2. The fraction of sp³-hybridized carbons (Fsp3) is 0.211. The van der Waals surface area contributed by atoms with Crippen LogP contribution >= 0.6 is 0 Å². The van der Waals surface area contributed by atoms with Gasteiger partial charge in [0.15, 0.2) is 0 Å². The summed E-state index contributed by atoms with van der Waals surface area (Å²) in [5.74, 6) is -0.283. The summed E-state index contributed by atoms with van der Waals surface area (Å²) in [6.07, 6.45) is 5.62. The first kappa shape index (κ1) is 16.9. The zero-order chi connectivity index (χ0) is 18.6. The van der Waals surface area contributed by atoms with Crippen molar-refractivity contribution in [3.05, 3.63) is 72.3 Å². The van der Waals surface area contributed by atoms with Crippen molar-refractivity contribution in [2.24, 2.45) is 0 Å². The molecule has 2 aromatic heterocycles. The van der Waals surface area contributed by atoms with E-state index >= 15 is 0 Å². The predicted molar refractivity (Wildman–Crippen MR) is 97.4 cm³/mol. The van der Waals surface area contributed by atoms with Crippen LogP contribution in [0.3, 0.4) is 0 Å². The topological polar surface area (TPSA) is 93.0 Å². The van der Waals surface area contributed by atoms with Gasteiger partial charge in [0.2, 0.25) is 0 Å². The van der Waals surface area contributed by atoms with Crippen molar-refractivity contribution in [1.29, 1.82) is 0 Å². The Hall–Kier alpha value is -3.55. The molecule has 1 unspecified atom stereocenters. The predicted octanol–water partition coefficient (Wildman–Crippen LogP) is 1.31. The molecule has 0 saturated carbocycles. The Morgan fingerprint density at radius 2 is 2.04 bits per heavy atom. The lowest BCUT2D eigenvalue weighted by molar-refractivity contribution is 0.0777. The van der Waals surface area contributed by atoms with Gasteiger partial charge in [-0.05, 0) is 36.8 Å². The first-order valence-electron chi connectivity index (χ1n) is 8.68. The van der Waals surface area contributed by atoms with Crippen LogP contribution < -0.4 is 5.32 Å². The van der Waals surface area contributed by atoms with Gasteiger partial charge in [-0.3, -0.25) is 14.6 Å². The Kier molecular flexibility index (Phi) is 4.61. The molecule has 1 saturated heterocycles. The minimum absolute atomic E-state index is 0.0832. The standard InChI is InChI=1S/C19H18N6O2/c26-18(14-4-3-5-16(12-14)25-11-9-21-23-25)22-15-7-10-24(13-15)19(27)17-6-1-2-8-20-17/h1-6,8-9,11-12,15H,7,10,13H2,(H,22,26). The van der Waals surface area contributed by atoms with Gasteiger partial charge in [-0.25, -0.2) is 4.68 Å². The van der Waals surface area contributed by atoms with Crippen molar-refractivity contribution in [3.8, 4) is 5.69 Å². The van der Waals surface area contributed by atoms with E-state index < -0.39 is 0 Å². The molecule has 1 atom stereocenters. The van der Waals surface area contributed by atoms with E-state index in [1.54, 1.807) is 64.6 Å². The van der Waals surface area contributed by atoms with Gasteiger partial charge in [-0.15, -0.1) is 5.10 Å². The van der Waals surface area contributed by atoms with Crippen LogP contribution in [-0.4, -0.2) is 55.8 Å². The lowest BCUT2D eigenvalue weighted by Crippen LogP contribution is -2.38. The number of nitrogens with zero attached hydrogens (tertiary/aromatic N) is 5. The highest BCUT2D eigenvalue weighted by Gasteiger charge is 2.28. The number of likely N-dealkylation sites (tertiary alicyclic amines) is 1. The van der Waals surface area contributed by atoms with Crippen molar-refractivity contribution >= 4 is 11.8 Å². The van der Waals surface area contributed by atoms with Gasteiger partial charge in [0.1, 0.15) is 5.69 Å². The highest BCUT2D eigenvalue weighted by atomic mass is 16.2. The second-order valence-electron chi connectivity index (χ2n) is 6.32. The fourth-order valence-electron chi connectivity index (χ4n) is 3.12. The third kappa shape index (κ3) is 3.69. The number of hydrogen-bond donors (Lipinski definition) is 1. The molecule has 1 aliphatic rings. The Labute approximate surface area is 155 Å². The average molecular weight is 362 g/mol. The van der Waals surface area contributed by atoms with E-state index in [9.17, 15) is 9.59 Å².